The van der Waals surface area contributed by atoms with Crippen LogP contribution in [0.15, 0.2) is 109 Å². The van der Waals surface area contributed by atoms with Crippen molar-refractivity contribution in [1.29, 1.82) is 0 Å². The Morgan fingerprint density at radius 1 is 0.583 bits per heavy atom. The standard InChI is InChI=1S/C64H85N9O11/c1-43(66-2)60(76)69-59(49-29-37-84-38-30-49)64(80)73-34-26-55(82-4)53(73)42-71(32-24-45-13-9-6-10-14-45)57(75)40-68-62(78)51-21-17-47(18-22-51)46-15-19-50(20-16-46)61(77)67-39-56(74)70(31-23-44-11-7-5-8-12-44)41-52-54(81-3)25-33-72(52)63(79)58(65)48-27-35-83-36-28-48/h5-22,43,48-49,52-55,58-59,66H,23-42,65H2,1-4H3,(H,67,77)(H,68,78)(H,69,76)/t43-,52+,53+,54-,55-,58-,59-/m0/s1. The zero-order valence-electron chi connectivity index (χ0n) is 49.1. The number of likely N-dealkylation sites (N-methyl/N-ethyl adjacent to an activating group) is 1. The van der Waals surface area contributed by atoms with Crippen LogP contribution in [0.25, 0.3) is 11.1 Å². The number of hydrogen-bond donors (Lipinski definition) is 5. The molecule has 84 heavy (non-hydrogen) atoms. The van der Waals surface area contributed by atoms with Crippen LogP contribution in [0.5, 0.6) is 0 Å². The number of methoxy groups -OCH3 is 2. The molecule has 0 saturated carbocycles. The minimum absolute atomic E-state index is 0.0138. The Bertz CT molecular complexity index is 2800. The molecule has 4 aliphatic rings. The van der Waals surface area contributed by atoms with E-state index in [-0.39, 0.29) is 79.8 Å². The molecular formula is C64H85N9O11. The molecule has 0 unspecified atom stereocenters. The number of hydrogen-bond acceptors (Lipinski definition) is 13. The summed E-state index contributed by atoms with van der Waals surface area (Å²) >= 11 is 0. The molecule has 4 aromatic rings. The number of carbonyl (C=O) groups is 7. The molecule has 6 N–H and O–H groups in total. The van der Waals surface area contributed by atoms with Crippen LogP contribution < -0.4 is 27.0 Å². The summed E-state index contributed by atoms with van der Waals surface area (Å²) in [4.78, 5) is 104. The molecule has 0 spiro atoms. The molecule has 7 atom stereocenters. The number of likely N-dealkylation sites (tertiary alicyclic amines) is 2. The number of nitrogens with two attached hydrogens (primary N) is 1. The van der Waals surface area contributed by atoms with Crippen molar-refractivity contribution in [3.8, 4) is 11.1 Å². The summed E-state index contributed by atoms with van der Waals surface area (Å²) in [6, 6.07) is 30.6. The van der Waals surface area contributed by atoms with Gasteiger partial charge in [-0.2, -0.15) is 0 Å². The van der Waals surface area contributed by atoms with Crippen molar-refractivity contribution < 1.29 is 52.5 Å². The monoisotopic (exact) mass is 1160 g/mol. The number of benzene rings is 4. The Kier molecular flexibility index (Phi) is 23.4. The van der Waals surface area contributed by atoms with E-state index < -0.39 is 42.0 Å². The van der Waals surface area contributed by atoms with Crippen LogP contribution in [-0.4, -0.2) is 203 Å². The van der Waals surface area contributed by atoms with Crippen LogP contribution in [0.1, 0.15) is 77.3 Å². The second kappa shape index (κ2) is 31.2. The van der Waals surface area contributed by atoms with E-state index >= 15 is 0 Å². The van der Waals surface area contributed by atoms with E-state index in [0.717, 1.165) is 22.3 Å². The van der Waals surface area contributed by atoms with E-state index in [1.807, 2.05) is 60.7 Å². The fourth-order valence-electron chi connectivity index (χ4n) is 11.9. The lowest BCUT2D eigenvalue weighted by atomic mass is 9.90. The van der Waals surface area contributed by atoms with Gasteiger partial charge in [-0.25, -0.2) is 0 Å². The predicted molar refractivity (Wildman–Crippen MR) is 317 cm³/mol. The van der Waals surface area contributed by atoms with Crippen LogP contribution in [0.2, 0.25) is 0 Å². The summed E-state index contributed by atoms with van der Waals surface area (Å²) in [7, 11) is 4.91. The molecule has 0 bridgehead atoms. The van der Waals surface area contributed by atoms with E-state index in [9.17, 15) is 33.6 Å². The van der Waals surface area contributed by atoms with Crippen molar-refractivity contribution in [3.63, 3.8) is 0 Å². The molecule has 20 nitrogen and oxygen atoms in total. The minimum Gasteiger partial charge on any atom is -0.381 e. The highest BCUT2D eigenvalue weighted by Crippen LogP contribution is 2.29. The molecule has 452 valence electrons. The number of nitrogens with zero attached hydrogens (tertiary/aromatic N) is 4. The molecule has 4 aliphatic heterocycles. The highest BCUT2D eigenvalue weighted by Gasteiger charge is 2.45. The summed E-state index contributed by atoms with van der Waals surface area (Å²) in [5, 5.41) is 11.6. The average molecular weight is 1160 g/mol. The third kappa shape index (κ3) is 16.6. The number of ether oxygens (including phenoxy) is 4. The van der Waals surface area contributed by atoms with Crippen molar-refractivity contribution in [1.82, 2.24) is 40.9 Å². The maximum atomic E-state index is 14.6. The molecule has 4 fully saturated rings. The van der Waals surface area contributed by atoms with Gasteiger partial charge in [0.15, 0.2) is 0 Å². The van der Waals surface area contributed by atoms with Crippen molar-refractivity contribution in [2.24, 2.45) is 17.6 Å². The van der Waals surface area contributed by atoms with E-state index in [4.69, 9.17) is 24.7 Å². The molecular weight excluding hydrogens is 1070 g/mol. The fourth-order valence-corrected chi connectivity index (χ4v) is 11.9. The van der Waals surface area contributed by atoms with Crippen molar-refractivity contribution >= 4 is 41.4 Å². The SMILES string of the molecule is CN[C@@H](C)C(=O)N[C@H](C(=O)N1CC[C@H](OC)[C@H]1CN(CCc1ccccc1)C(=O)CNC(=O)c1ccc(-c2ccc(C(=O)NCC(=O)N(CCc3ccccc3)C[C@@H]3[C@@H](OC)CCN3C(=O)[C@@H](N)C3CCOCC3)cc2)cc1)C1CCOCC1. The smallest absolute Gasteiger partial charge is 0.251 e. The maximum absolute atomic E-state index is 14.6. The van der Waals surface area contributed by atoms with Crippen LogP contribution in [-0.2, 0) is 55.8 Å². The summed E-state index contributed by atoms with van der Waals surface area (Å²) in [5.74, 6) is -2.25. The largest absolute Gasteiger partial charge is 0.381 e. The molecule has 4 aromatic carbocycles. The second-order valence-electron chi connectivity index (χ2n) is 22.4. The zero-order valence-corrected chi connectivity index (χ0v) is 49.1. The first-order chi connectivity index (χ1) is 40.8. The predicted octanol–water partition coefficient (Wildman–Crippen LogP) is 3.46. The molecule has 20 heteroatoms. The van der Waals surface area contributed by atoms with Gasteiger partial charge in [-0.1, -0.05) is 84.9 Å². The van der Waals surface area contributed by atoms with Crippen LogP contribution in [0, 0.1) is 11.8 Å². The van der Waals surface area contributed by atoms with Gasteiger partial charge in [0.2, 0.25) is 29.5 Å². The second-order valence-corrected chi connectivity index (χ2v) is 22.4. The number of amides is 7. The lowest BCUT2D eigenvalue weighted by Gasteiger charge is -2.37. The third-order valence-electron chi connectivity index (χ3n) is 17.3. The quantitative estimate of drug-likeness (QED) is 0.0606. The summed E-state index contributed by atoms with van der Waals surface area (Å²) < 4.78 is 23.0. The summed E-state index contributed by atoms with van der Waals surface area (Å²) in [6.07, 6.45) is 4.28. The van der Waals surface area contributed by atoms with Gasteiger partial charge in [-0.05, 0) is 124 Å². The third-order valence-corrected chi connectivity index (χ3v) is 17.3. The van der Waals surface area contributed by atoms with E-state index in [1.54, 1.807) is 96.3 Å². The van der Waals surface area contributed by atoms with Crippen molar-refractivity contribution in [3.05, 3.63) is 131 Å². The maximum Gasteiger partial charge on any atom is 0.251 e. The Hall–Kier alpha value is -7.07. The van der Waals surface area contributed by atoms with Crippen LogP contribution in [0.3, 0.4) is 0 Å². The van der Waals surface area contributed by atoms with Crippen molar-refractivity contribution in [2.45, 2.75) is 101 Å². The van der Waals surface area contributed by atoms with Gasteiger partial charge in [-0.3, -0.25) is 33.6 Å². The topological polar surface area (TPSA) is 244 Å². The van der Waals surface area contributed by atoms with Gasteiger partial charge in [0.1, 0.15) is 6.04 Å². The molecule has 0 aliphatic carbocycles. The molecule has 7 amide bonds. The number of rotatable bonds is 26. The number of nitrogens with one attached hydrogen (secondary N) is 4. The van der Waals surface area contributed by atoms with Crippen LogP contribution >= 0.6 is 0 Å². The van der Waals surface area contributed by atoms with E-state index in [0.29, 0.717) is 115 Å². The van der Waals surface area contributed by atoms with Gasteiger partial charge >= 0.3 is 0 Å². The first-order valence-corrected chi connectivity index (χ1v) is 29.7. The Labute approximate surface area is 493 Å². The number of carbonyl (C=O) groups excluding carboxylic acids is 7. The normalized spacial score (nSPS) is 20.3. The zero-order chi connectivity index (χ0) is 59.5. The summed E-state index contributed by atoms with van der Waals surface area (Å²) in [6.45, 7) is 5.22. The molecule has 0 aromatic heterocycles. The Balaban J connectivity index is 0.878. The van der Waals surface area contributed by atoms with Gasteiger partial charge in [0.05, 0.1) is 49.5 Å². The minimum atomic E-state index is -0.780. The van der Waals surface area contributed by atoms with E-state index in [2.05, 4.69) is 21.3 Å². The lowest BCUT2D eigenvalue weighted by Crippen LogP contribution is -2.59. The lowest BCUT2D eigenvalue weighted by molar-refractivity contribution is -0.143. The molecule has 0 radical (unpaired) electrons. The fraction of sp³-hybridized carbons (Fsp3) is 0.516. The van der Waals surface area contributed by atoms with Gasteiger partial charge in [-0.15, -0.1) is 0 Å². The van der Waals surface area contributed by atoms with Gasteiger partial charge in [0, 0.05) is 91.0 Å². The van der Waals surface area contributed by atoms with Gasteiger partial charge < -0.3 is 65.5 Å². The Morgan fingerprint density at radius 2 is 1.00 bits per heavy atom. The van der Waals surface area contributed by atoms with Crippen molar-refractivity contribution in [2.75, 3.05) is 100 Å². The average Bonchev–Trinajstić information content (AvgIpc) is 4.33. The highest BCUT2D eigenvalue weighted by molar-refractivity contribution is 5.98. The van der Waals surface area contributed by atoms with Crippen LogP contribution in [0.4, 0.5) is 0 Å². The first kappa shape index (κ1) is 63.0. The summed E-state index contributed by atoms with van der Waals surface area (Å²) in [5.41, 5.74) is 10.9. The first-order valence-electron chi connectivity index (χ1n) is 29.7. The molecule has 4 heterocycles. The molecule has 4 saturated heterocycles. The van der Waals surface area contributed by atoms with Gasteiger partial charge in [0.25, 0.3) is 11.8 Å². The highest BCUT2D eigenvalue weighted by atomic mass is 16.5. The Morgan fingerprint density at radius 3 is 1.42 bits per heavy atom. The molecule has 8 rings (SSSR count). The van der Waals surface area contributed by atoms with E-state index in [1.165, 1.54) is 0 Å².